The van der Waals surface area contributed by atoms with Gasteiger partial charge >= 0.3 is 0 Å². The summed E-state index contributed by atoms with van der Waals surface area (Å²) in [4.78, 5) is 14.9. The molecule has 1 heterocycles. The number of halogens is 2. The maximum atomic E-state index is 12.9. The first-order chi connectivity index (χ1) is 10.1. The van der Waals surface area contributed by atoms with Crippen LogP contribution in [0.15, 0.2) is 22.7 Å². The molecule has 1 amide bonds. The third-order valence-electron chi connectivity index (χ3n) is 4.22. The van der Waals surface area contributed by atoms with Crippen molar-refractivity contribution in [2.45, 2.75) is 31.7 Å². The summed E-state index contributed by atoms with van der Waals surface area (Å²) in [5.74, 6) is 0.776. The number of rotatable bonds is 5. The van der Waals surface area contributed by atoms with Crippen LogP contribution in [0.1, 0.15) is 36.0 Å². The Morgan fingerprint density at radius 2 is 2.14 bits per heavy atom. The standard InChI is InChI=1S/C16H20BrClN2O/c17-15-6-5-12(18)8-14(15)16(21)20(9-11-3-4-11)10-13-2-1-7-19-13/h5-6,8,11,13,19H,1-4,7,9-10H2. The lowest BCUT2D eigenvalue weighted by Gasteiger charge is -2.26. The lowest BCUT2D eigenvalue weighted by molar-refractivity contribution is 0.0732. The Hall–Kier alpha value is -0.580. The largest absolute Gasteiger partial charge is 0.337 e. The summed E-state index contributed by atoms with van der Waals surface area (Å²) < 4.78 is 0.817. The molecule has 0 spiro atoms. The molecule has 2 fully saturated rings. The number of nitrogens with one attached hydrogen (secondary N) is 1. The maximum absolute atomic E-state index is 12.9. The van der Waals surface area contributed by atoms with Crippen molar-refractivity contribution < 1.29 is 4.79 Å². The Balaban J connectivity index is 1.76. The summed E-state index contributed by atoms with van der Waals surface area (Å²) in [5.41, 5.74) is 0.668. The van der Waals surface area contributed by atoms with Gasteiger partial charge < -0.3 is 10.2 Å². The summed E-state index contributed by atoms with van der Waals surface area (Å²) in [6, 6.07) is 5.84. The van der Waals surface area contributed by atoms with Gasteiger partial charge in [0.15, 0.2) is 0 Å². The van der Waals surface area contributed by atoms with Gasteiger partial charge in [-0.2, -0.15) is 0 Å². The van der Waals surface area contributed by atoms with Gasteiger partial charge in [-0.1, -0.05) is 11.6 Å². The first-order valence-electron chi connectivity index (χ1n) is 7.61. The molecule has 114 valence electrons. The Bertz CT molecular complexity index is 527. The number of carbonyl (C=O) groups is 1. The van der Waals surface area contributed by atoms with E-state index in [0.29, 0.717) is 22.5 Å². The SMILES string of the molecule is O=C(c1cc(Cl)ccc1Br)N(CC1CC1)CC1CCCN1. The van der Waals surface area contributed by atoms with Gasteiger partial charge in [0.2, 0.25) is 0 Å². The van der Waals surface area contributed by atoms with Crippen molar-refractivity contribution in [3.63, 3.8) is 0 Å². The van der Waals surface area contributed by atoms with Crippen molar-refractivity contribution >= 4 is 33.4 Å². The van der Waals surface area contributed by atoms with E-state index in [-0.39, 0.29) is 5.91 Å². The highest BCUT2D eigenvalue weighted by molar-refractivity contribution is 9.10. The summed E-state index contributed by atoms with van der Waals surface area (Å²) in [6.07, 6.45) is 4.86. The van der Waals surface area contributed by atoms with E-state index in [1.165, 1.54) is 19.3 Å². The number of hydrogen-bond donors (Lipinski definition) is 1. The minimum Gasteiger partial charge on any atom is -0.337 e. The Kier molecular flexibility index (Phi) is 4.87. The summed E-state index contributed by atoms with van der Waals surface area (Å²) >= 11 is 9.52. The molecule has 1 aliphatic heterocycles. The predicted molar refractivity (Wildman–Crippen MR) is 88.8 cm³/mol. The Labute approximate surface area is 139 Å². The fourth-order valence-corrected chi connectivity index (χ4v) is 3.45. The van der Waals surface area contributed by atoms with Crippen molar-refractivity contribution in [2.24, 2.45) is 5.92 Å². The van der Waals surface area contributed by atoms with Crippen molar-refractivity contribution in [1.82, 2.24) is 10.2 Å². The molecule has 1 unspecified atom stereocenters. The normalized spacial score (nSPS) is 21.5. The van der Waals surface area contributed by atoms with Crippen molar-refractivity contribution in [3.8, 4) is 0 Å². The molecule has 0 radical (unpaired) electrons. The summed E-state index contributed by atoms with van der Waals surface area (Å²) in [6.45, 7) is 2.74. The number of hydrogen-bond acceptors (Lipinski definition) is 2. The molecule has 1 saturated carbocycles. The van der Waals surface area contributed by atoms with E-state index >= 15 is 0 Å². The van der Waals surface area contributed by atoms with Gasteiger partial charge in [0.1, 0.15) is 0 Å². The van der Waals surface area contributed by atoms with E-state index in [2.05, 4.69) is 21.2 Å². The zero-order valence-corrected chi connectivity index (χ0v) is 14.3. The predicted octanol–water partition coefficient (Wildman–Crippen LogP) is 3.71. The van der Waals surface area contributed by atoms with Crippen LogP contribution < -0.4 is 5.32 Å². The lowest BCUT2D eigenvalue weighted by atomic mass is 10.1. The molecule has 2 aliphatic rings. The van der Waals surface area contributed by atoms with Crippen LogP contribution >= 0.6 is 27.5 Å². The topological polar surface area (TPSA) is 32.3 Å². The van der Waals surface area contributed by atoms with E-state index < -0.39 is 0 Å². The fourth-order valence-electron chi connectivity index (χ4n) is 2.86. The van der Waals surface area contributed by atoms with Gasteiger partial charge in [-0.3, -0.25) is 4.79 Å². The number of benzene rings is 1. The summed E-state index contributed by atoms with van der Waals surface area (Å²) in [5, 5.41) is 4.08. The molecule has 0 bridgehead atoms. The van der Waals surface area contributed by atoms with Crippen LogP contribution in [0.3, 0.4) is 0 Å². The third kappa shape index (κ3) is 3.99. The molecule has 0 aromatic heterocycles. The fraction of sp³-hybridized carbons (Fsp3) is 0.562. The van der Waals surface area contributed by atoms with E-state index in [9.17, 15) is 4.79 Å². The van der Waals surface area contributed by atoms with Crippen LogP contribution in [0, 0.1) is 5.92 Å². The average molecular weight is 372 g/mol. The van der Waals surface area contributed by atoms with Gasteiger partial charge in [0.05, 0.1) is 5.56 Å². The van der Waals surface area contributed by atoms with Gasteiger partial charge in [0, 0.05) is 28.6 Å². The van der Waals surface area contributed by atoms with Crippen molar-refractivity contribution in [3.05, 3.63) is 33.3 Å². The molecule has 1 aromatic carbocycles. The zero-order chi connectivity index (χ0) is 14.8. The molecule has 1 atom stereocenters. The van der Waals surface area contributed by atoms with E-state index in [4.69, 9.17) is 11.6 Å². The van der Waals surface area contributed by atoms with Crippen molar-refractivity contribution in [1.29, 1.82) is 0 Å². The monoisotopic (exact) mass is 370 g/mol. The maximum Gasteiger partial charge on any atom is 0.255 e. The molecule has 5 heteroatoms. The second-order valence-corrected chi connectivity index (χ2v) is 7.36. The Morgan fingerprint density at radius 1 is 1.33 bits per heavy atom. The van der Waals surface area contributed by atoms with E-state index in [0.717, 1.165) is 30.5 Å². The van der Waals surface area contributed by atoms with Crippen LogP contribution in [0.5, 0.6) is 0 Å². The van der Waals surface area contributed by atoms with E-state index in [1.54, 1.807) is 12.1 Å². The van der Waals surface area contributed by atoms with Crippen LogP contribution in [-0.2, 0) is 0 Å². The molecule has 1 saturated heterocycles. The number of amides is 1. The number of nitrogens with zero attached hydrogens (tertiary/aromatic N) is 1. The lowest BCUT2D eigenvalue weighted by Crippen LogP contribution is -2.42. The van der Waals surface area contributed by atoms with Crippen molar-refractivity contribution in [2.75, 3.05) is 19.6 Å². The Morgan fingerprint density at radius 3 is 2.81 bits per heavy atom. The van der Waals surface area contributed by atoms with Gasteiger partial charge in [-0.25, -0.2) is 0 Å². The van der Waals surface area contributed by atoms with Crippen LogP contribution in [0.4, 0.5) is 0 Å². The molecular weight excluding hydrogens is 352 g/mol. The van der Waals surface area contributed by atoms with Crippen LogP contribution in [-0.4, -0.2) is 36.5 Å². The highest BCUT2D eigenvalue weighted by Crippen LogP contribution is 2.31. The van der Waals surface area contributed by atoms with Crippen LogP contribution in [0.2, 0.25) is 5.02 Å². The highest BCUT2D eigenvalue weighted by atomic mass is 79.9. The second kappa shape index (κ2) is 6.67. The van der Waals surface area contributed by atoms with E-state index in [1.807, 2.05) is 11.0 Å². The second-order valence-electron chi connectivity index (χ2n) is 6.07. The molecule has 1 N–H and O–H groups in total. The van der Waals surface area contributed by atoms with Crippen LogP contribution in [0.25, 0.3) is 0 Å². The first-order valence-corrected chi connectivity index (χ1v) is 8.78. The molecule has 3 rings (SSSR count). The quantitative estimate of drug-likeness (QED) is 0.856. The average Bonchev–Trinajstić information content (AvgIpc) is 3.13. The minimum absolute atomic E-state index is 0.0879. The van der Waals surface area contributed by atoms with Gasteiger partial charge in [-0.15, -0.1) is 0 Å². The molecule has 1 aliphatic carbocycles. The highest BCUT2D eigenvalue weighted by Gasteiger charge is 2.30. The first kappa shape index (κ1) is 15.3. The molecular formula is C16H20BrClN2O. The van der Waals surface area contributed by atoms with Gasteiger partial charge in [-0.05, 0) is 72.3 Å². The number of carbonyl (C=O) groups excluding carboxylic acids is 1. The smallest absolute Gasteiger partial charge is 0.255 e. The molecule has 3 nitrogen and oxygen atoms in total. The third-order valence-corrected chi connectivity index (χ3v) is 5.15. The summed E-state index contributed by atoms with van der Waals surface area (Å²) in [7, 11) is 0. The zero-order valence-electron chi connectivity index (χ0n) is 11.9. The minimum atomic E-state index is 0.0879. The molecule has 21 heavy (non-hydrogen) atoms. The van der Waals surface area contributed by atoms with Gasteiger partial charge in [0.25, 0.3) is 5.91 Å². The molecule has 1 aromatic rings.